The van der Waals surface area contributed by atoms with Crippen molar-refractivity contribution in [3.05, 3.63) is 48.5 Å². The summed E-state index contributed by atoms with van der Waals surface area (Å²) in [5.74, 6) is 2.56. The second kappa shape index (κ2) is 13.9. The van der Waals surface area contributed by atoms with Gasteiger partial charge in [-0.3, -0.25) is 0 Å². The van der Waals surface area contributed by atoms with Crippen LogP contribution in [-0.2, 0) is 0 Å². The Balaban J connectivity index is 1.86. The van der Waals surface area contributed by atoms with Gasteiger partial charge in [0.25, 0.3) is 0 Å². The summed E-state index contributed by atoms with van der Waals surface area (Å²) in [4.78, 5) is 9.47. The molecule has 0 aliphatic carbocycles. The number of aromatic nitrogens is 1. The van der Waals surface area contributed by atoms with Crippen LogP contribution in [0.15, 0.2) is 48.5 Å². The Bertz CT molecular complexity index is 1030. The smallest absolute Gasteiger partial charge is 0.131 e. The van der Waals surface area contributed by atoms with E-state index in [1.807, 2.05) is 30.3 Å². The molecular weight excluding hydrogens is 438 g/mol. The van der Waals surface area contributed by atoms with Gasteiger partial charge in [0.2, 0.25) is 0 Å². The molecule has 0 saturated carbocycles. The summed E-state index contributed by atoms with van der Waals surface area (Å²) in [5, 5.41) is 0.973. The van der Waals surface area contributed by atoms with Gasteiger partial charge in [0.15, 0.2) is 0 Å². The van der Waals surface area contributed by atoms with E-state index >= 15 is 0 Å². The minimum absolute atomic E-state index is 0.623. The van der Waals surface area contributed by atoms with E-state index in [-0.39, 0.29) is 0 Å². The SMILES string of the molecule is CCCOc1ccc(-c2cc(OCCN(CC)CC)c3cc(OCCCN(C)C)ccc3n2)cc1. The molecule has 6 nitrogen and oxygen atoms in total. The lowest BCUT2D eigenvalue weighted by molar-refractivity contribution is 0.224. The third-order valence-corrected chi connectivity index (χ3v) is 5.94. The molecule has 0 N–H and O–H groups in total. The average molecular weight is 480 g/mol. The van der Waals surface area contributed by atoms with E-state index in [2.05, 4.69) is 62.9 Å². The first kappa shape index (κ1) is 26.8. The number of rotatable bonds is 15. The molecule has 3 rings (SSSR count). The monoisotopic (exact) mass is 479 g/mol. The fourth-order valence-electron chi connectivity index (χ4n) is 3.87. The van der Waals surface area contributed by atoms with Gasteiger partial charge in [-0.15, -0.1) is 0 Å². The number of hydrogen-bond acceptors (Lipinski definition) is 6. The van der Waals surface area contributed by atoms with Crippen LogP contribution in [0.25, 0.3) is 22.2 Å². The number of ether oxygens (including phenoxy) is 3. The average Bonchev–Trinajstić information content (AvgIpc) is 2.88. The Kier molecular flexibility index (Phi) is 10.6. The highest BCUT2D eigenvalue weighted by Crippen LogP contribution is 2.33. The normalized spacial score (nSPS) is 11.4. The Morgan fingerprint density at radius 1 is 0.743 bits per heavy atom. The molecule has 0 bridgehead atoms. The van der Waals surface area contributed by atoms with Gasteiger partial charge < -0.3 is 24.0 Å². The molecule has 0 spiro atoms. The van der Waals surface area contributed by atoms with Gasteiger partial charge in [0.05, 0.1) is 24.4 Å². The third kappa shape index (κ3) is 8.11. The Labute approximate surface area is 210 Å². The number of nitrogens with zero attached hydrogens (tertiary/aromatic N) is 3. The summed E-state index contributed by atoms with van der Waals surface area (Å²) in [5.41, 5.74) is 2.82. The highest BCUT2D eigenvalue weighted by Gasteiger charge is 2.12. The maximum atomic E-state index is 6.34. The molecular formula is C29H41N3O3. The summed E-state index contributed by atoms with van der Waals surface area (Å²) in [6.07, 6.45) is 1.97. The lowest BCUT2D eigenvalue weighted by Gasteiger charge is -2.19. The molecule has 0 saturated heterocycles. The molecule has 0 fully saturated rings. The van der Waals surface area contributed by atoms with Gasteiger partial charge in [-0.1, -0.05) is 20.8 Å². The molecule has 2 aromatic carbocycles. The summed E-state index contributed by atoms with van der Waals surface area (Å²) in [7, 11) is 4.15. The van der Waals surface area contributed by atoms with Crippen LogP contribution in [-0.4, -0.2) is 74.9 Å². The largest absolute Gasteiger partial charge is 0.494 e. The number of fused-ring (bicyclic) bond motifs is 1. The van der Waals surface area contributed by atoms with Crippen molar-refractivity contribution in [1.82, 2.24) is 14.8 Å². The maximum Gasteiger partial charge on any atom is 0.131 e. The quantitative estimate of drug-likeness (QED) is 0.259. The fraction of sp³-hybridized carbons (Fsp3) is 0.483. The van der Waals surface area contributed by atoms with Crippen LogP contribution in [0.1, 0.15) is 33.6 Å². The van der Waals surface area contributed by atoms with Gasteiger partial charge >= 0.3 is 0 Å². The van der Waals surface area contributed by atoms with Crippen LogP contribution in [0.3, 0.4) is 0 Å². The topological polar surface area (TPSA) is 47.1 Å². The minimum atomic E-state index is 0.623. The lowest BCUT2D eigenvalue weighted by Crippen LogP contribution is -2.27. The third-order valence-electron chi connectivity index (χ3n) is 5.94. The van der Waals surface area contributed by atoms with Crippen LogP contribution in [0.4, 0.5) is 0 Å². The first-order valence-electron chi connectivity index (χ1n) is 12.8. The highest BCUT2D eigenvalue weighted by molar-refractivity contribution is 5.89. The molecule has 0 unspecified atom stereocenters. The van der Waals surface area contributed by atoms with Gasteiger partial charge in [-0.25, -0.2) is 4.98 Å². The van der Waals surface area contributed by atoms with E-state index in [4.69, 9.17) is 19.2 Å². The van der Waals surface area contributed by atoms with Gasteiger partial charge in [0.1, 0.15) is 23.9 Å². The van der Waals surface area contributed by atoms with Crippen molar-refractivity contribution in [2.45, 2.75) is 33.6 Å². The molecule has 1 heterocycles. The first-order valence-corrected chi connectivity index (χ1v) is 12.8. The number of likely N-dealkylation sites (N-methyl/N-ethyl adjacent to an activating group) is 1. The molecule has 0 radical (unpaired) electrons. The van der Waals surface area contributed by atoms with Crippen molar-refractivity contribution in [1.29, 1.82) is 0 Å². The minimum Gasteiger partial charge on any atom is -0.494 e. The number of benzene rings is 2. The molecule has 3 aromatic rings. The van der Waals surface area contributed by atoms with Crippen LogP contribution in [0.2, 0.25) is 0 Å². The molecule has 0 aliphatic heterocycles. The van der Waals surface area contributed by atoms with Crippen molar-refractivity contribution in [3.8, 4) is 28.5 Å². The van der Waals surface area contributed by atoms with Crippen molar-refractivity contribution in [2.75, 3.05) is 60.1 Å². The summed E-state index contributed by atoms with van der Waals surface area (Å²) >= 11 is 0. The summed E-state index contributed by atoms with van der Waals surface area (Å²) in [6, 6.07) is 16.2. The number of hydrogen-bond donors (Lipinski definition) is 0. The second-order valence-corrected chi connectivity index (χ2v) is 8.94. The van der Waals surface area contributed by atoms with Crippen molar-refractivity contribution < 1.29 is 14.2 Å². The zero-order chi connectivity index (χ0) is 25.0. The lowest BCUT2D eigenvalue weighted by atomic mass is 10.1. The molecule has 0 atom stereocenters. The highest BCUT2D eigenvalue weighted by atomic mass is 16.5. The van der Waals surface area contributed by atoms with E-state index in [1.54, 1.807) is 0 Å². The summed E-state index contributed by atoms with van der Waals surface area (Å²) in [6.45, 7) is 12.4. The first-order chi connectivity index (χ1) is 17.0. The van der Waals surface area contributed by atoms with E-state index in [0.717, 1.165) is 85.0 Å². The maximum absolute atomic E-state index is 6.34. The van der Waals surface area contributed by atoms with E-state index in [1.165, 1.54) is 0 Å². The standard InChI is InChI=1S/C29H41N3O3/c1-6-18-33-24-12-10-23(11-13-24)28-22-29(35-20-17-32(7-2)8-3)26-21-25(14-15-27(26)30-28)34-19-9-16-31(4)5/h10-15,21-22H,6-9,16-20H2,1-5H3. The van der Waals surface area contributed by atoms with Crippen LogP contribution >= 0.6 is 0 Å². The van der Waals surface area contributed by atoms with Crippen LogP contribution in [0.5, 0.6) is 17.2 Å². The molecule has 0 amide bonds. The van der Waals surface area contributed by atoms with Crippen molar-refractivity contribution >= 4 is 10.9 Å². The predicted octanol–water partition coefficient (Wildman–Crippen LogP) is 5.74. The number of pyridine rings is 1. The summed E-state index contributed by atoms with van der Waals surface area (Å²) < 4.78 is 18.1. The fourth-order valence-corrected chi connectivity index (χ4v) is 3.87. The zero-order valence-electron chi connectivity index (χ0n) is 22.0. The van der Waals surface area contributed by atoms with E-state index < -0.39 is 0 Å². The van der Waals surface area contributed by atoms with Crippen molar-refractivity contribution in [3.63, 3.8) is 0 Å². The molecule has 1 aromatic heterocycles. The van der Waals surface area contributed by atoms with E-state index in [9.17, 15) is 0 Å². The van der Waals surface area contributed by atoms with Crippen molar-refractivity contribution in [2.24, 2.45) is 0 Å². The molecule has 0 aliphatic rings. The van der Waals surface area contributed by atoms with Gasteiger partial charge in [-0.05, 0) is 82.5 Å². The Morgan fingerprint density at radius 2 is 1.46 bits per heavy atom. The predicted molar refractivity (Wildman–Crippen MR) is 145 cm³/mol. The Morgan fingerprint density at radius 3 is 2.14 bits per heavy atom. The van der Waals surface area contributed by atoms with Gasteiger partial charge in [0, 0.05) is 30.1 Å². The zero-order valence-corrected chi connectivity index (χ0v) is 22.0. The van der Waals surface area contributed by atoms with Crippen LogP contribution < -0.4 is 14.2 Å². The van der Waals surface area contributed by atoms with Gasteiger partial charge in [-0.2, -0.15) is 0 Å². The van der Waals surface area contributed by atoms with E-state index in [0.29, 0.717) is 13.2 Å². The second-order valence-electron chi connectivity index (χ2n) is 8.94. The Hall–Kier alpha value is -2.83. The molecule has 190 valence electrons. The van der Waals surface area contributed by atoms with Crippen LogP contribution in [0, 0.1) is 0 Å². The molecule has 35 heavy (non-hydrogen) atoms. The molecule has 6 heteroatoms.